The van der Waals surface area contributed by atoms with Crippen LogP contribution in [0, 0.1) is 5.92 Å². The van der Waals surface area contributed by atoms with E-state index in [0.29, 0.717) is 25.5 Å². The number of β-amino-alcohol motifs (C(OH)–C–C–N with tert-alkyl or cyclic N) is 1. The maximum absolute atomic E-state index is 10.3. The Bertz CT molecular complexity index is 176. The molecule has 0 bridgehead atoms. The average Bonchev–Trinajstić information content (AvgIpc) is 2.53. The van der Waals surface area contributed by atoms with Crippen LogP contribution in [0.5, 0.6) is 0 Å². The fraction of sp³-hybridized carbons (Fsp3) is 0.778. The van der Waals surface area contributed by atoms with Gasteiger partial charge in [0, 0.05) is 13.1 Å². The predicted octanol–water partition coefficient (Wildman–Crippen LogP) is -0.543. The maximum atomic E-state index is 10.3. The van der Waals surface area contributed by atoms with Crippen molar-refractivity contribution >= 4 is 12.6 Å². The summed E-state index contributed by atoms with van der Waals surface area (Å²) in [6.07, 6.45) is 2.50. The van der Waals surface area contributed by atoms with E-state index in [1.807, 2.05) is 0 Å². The molecule has 74 valence electrons. The number of rotatable bonds is 5. The van der Waals surface area contributed by atoms with Gasteiger partial charge in [-0.15, -0.1) is 0 Å². The van der Waals surface area contributed by atoms with E-state index in [1.165, 1.54) is 0 Å². The molecule has 0 aromatic rings. The second-order valence-electron chi connectivity index (χ2n) is 3.47. The van der Waals surface area contributed by atoms with Crippen molar-refractivity contribution in [2.75, 3.05) is 19.6 Å². The van der Waals surface area contributed by atoms with Crippen molar-refractivity contribution in [3.05, 3.63) is 0 Å². The van der Waals surface area contributed by atoms with Crippen molar-refractivity contribution in [3.63, 3.8) is 0 Å². The van der Waals surface area contributed by atoms with Gasteiger partial charge in [-0.1, -0.05) is 0 Å². The Morgan fingerprint density at radius 3 is 2.62 bits per heavy atom. The zero-order valence-electron chi connectivity index (χ0n) is 7.56. The Balaban J connectivity index is 2.18. The number of nitrogens with zero attached hydrogens (tertiary/aromatic N) is 1. The predicted molar refractivity (Wildman–Crippen MR) is 47.3 cm³/mol. The highest BCUT2D eigenvalue weighted by atomic mass is 16.3. The van der Waals surface area contributed by atoms with Crippen molar-refractivity contribution in [1.82, 2.24) is 4.90 Å². The lowest BCUT2D eigenvalue weighted by molar-refractivity contribution is -0.119. The first-order chi connectivity index (χ1) is 6.26. The van der Waals surface area contributed by atoms with Crippen molar-refractivity contribution < 1.29 is 14.7 Å². The topological polar surface area (TPSA) is 57.6 Å². The van der Waals surface area contributed by atoms with E-state index in [4.69, 9.17) is 0 Å². The molecule has 13 heavy (non-hydrogen) atoms. The summed E-state index contributed by atoms with van der Waals surface area (Å²) in [6.45, 7) is 2.26. The van der Waals surface area contributed by atoms with Crippen LogP contribution in [0.1, 0.15) is 12.8 Å². The third kappa shape index (κ3) is 3.24. The standard InChI is InChI=1S/C9H15NO3/c11-6-8(7-12)1-3-10-4-2-9(13)5-10/h6-9,13H,1-5H2. The molecule has 0 saturated carbocycles. The summed E-state index contributed by atoms with van der Waals surface area (Å²) in [5.74, 6) is -0.474. The van der Waals surface area contributed by atoms with Crippen molar-refractivity contribution in [1.29, 1.82) is 0 Å². The lowest BCUT2D eigenvalue weighted by Gasteiger charge is -2.14. The zero-order valence-corrected chi connectivity index (χ0v) is 7.56. The van der Waals surface area contributed by atoms with Gasteiger partial charge < -0.3 is 19.6 Å². The molecule has 0 spiro atoms. The van der Waals surface area contributed by atoms with Crippen LogP contribution in [-0.4, -0.2) is 48.3 Å². The minimum atomic E-state index is -0.474. The van der Waals surface area contributed by atoms with Crippen LogP contribution in [0.25, 0.3) is 0 Å². The molecule has 1 rings (SSSR count). The average molecular weight is 185 g/mol. The summed E-state index contributed by atoms with van der Waals surface area (Å²) in [6, 6.07) is 0. The Hall–Kier alpha value is -0.740. The zero-order chi connectivity index (χ0) is 9.68. The third-order valence-electron chi connectivity index (χ3n) is 2.38. The number of likely N-dealkylation sites (tertiary alicyclic amines) is 1. The highest BCUT2D eigenvalue weighted by Gasteiger charge is 2.20. The lowest BCUT2D eigenvalue weighted by atomic mass is 10.1. The van der Waals surface area contributed by atoms with E-state index in [2.05, 4.69) is 4.90 Å². The summed E-state index contributed by atoms with van der Waals surface area (Å²) < 4.78 is 0. The minimum Gasteiger partial charge on any atom is -0.392 e. The SMILES string of the molecule is O=CC(C=O)CCN1CCC(O)C1. The summed E-state index contributed by atoms with van der Waals surface area (Å²) in [4.78, 5) is 22.7. The molecular weight excluding hydrogens is 170 g/mol. The van der Waals surface area contributed by atoms with E-state index < -0.39 is 5.92 Å². The van der Waals surface area contributed by atoms with Gasteiger partial charge in [0.15, 0.2) is 0 Å². The first-order valence-corrected chi connectivity index (χ1v) is 4.57. The summed E-state index contributed by atoms with van der Waals surface area (Å²) in [5.41, 5.74) is 0. The molecule has 4 nitrogen and oxygen atoms in total. The van der Waals surface area contributed by atoms with E-state index in [-0.39, 0.29) is 6.10 Å². The van der Waals surface area contributed by atoms with Crippen LogP contribution < -0.4 is 0 Å². The smallest absolute Gasteiger partial charge is 0.130 e. The molecule has 0 amide bonds. The summed E-state index contributed by atoms with van der Waals surface area (Å²) in [7, 11) is 0. The van der Waals surface area contributed by atoms with Crippen LogP contribution in [0.2, 0.25) is 0 Å². The van der Waals surface area contributed by atoms with Crippen molar-refractivity contribution in [2.45, 2.75) is 18.9 Å². The molecule has 1 heterocycles. The van der Waals surface area contributed by atoms with Crippen LogP contribution in [0.15, 0.2) is 0 Å². The Morgan fingerprint density at radius 2 is 2.15 bits per heavy atom. The third-order valence-corrected chi connectivity index (χ3v) is 2.38. The number of aldehydes is 2. The molecule has 0 aromatic heterocycles. The van der Waals surface area contributed by atoms with Gasteiger partial charge in [-0.05, 0) is 19.4 Å². The Morgan fingerprint density at radius 1 is 1.46 bits per heavy atom. The van der Waals surface area contributed by atoms with Gasteiger partial charge in [-0.25, -0.2) is 0 Å². The van der Waals surface area contributed by atoms with Gasteiger partial charge >= 0.3 is 0 Å². The molecule has 1 atom stereocenters. The molecule has 1 N–H and O–H groups in total. The number of aliphatic hydroxyl groups excluding tert-OH is 1. The van der Waals surface area contributed by atoms with E-state index in [1.54, 1.807) is 0 Å². The van der Waals surface area contributed by atoms with E-state index in [0.717, 1.165) is 19.5 Å². The van der Waals surface area contributed by atoms with E-state index in [9.17, 15) is 14.7 Å². The minimum absolute atomic E-state index is 0.231. The van der Waals surface area contributed by atoms with Crippen LogP contribution >= 0.6 is 0 Å². The van der Waals surface area contributed by atoms with Gasteiger partial charge in [-0.3, -0.25) is 0 Å². The number of aliphatic hydroxyl groups is 1. The van der Waals surface area contributed by atoms with E-state index >= 15 is 0 Å². The fourth-order valence-corrected chi connectivity index (χ4v) is 1.52. The lowest BCUT2D eigenvalue weighted by Crippen LogP contribution is -2.25. The fourth-order valence-electron chi connectivity index (χ4n) is 1.52. The molecular formula is C9H15NO3. The molecule has 1 saturated heterocycles. The molecule has 1 fully saturated rings. The van der Waals surface area contributed by atoms with Crippen LogP contribution in [0.4, 0.5) is 0 Å². The van der Waals surface area contributed by atoms with Gasteiger partial charge in [0.25, 0.3) is 0 Å². The van der Waals surface area contributed by atoms with Crippen LogP contribution in [0.3, 0.4) is 0 Å². The number of carbonyl (C=O) groups is 2. The summed E-state index contributed by atoms with van der Waals surface area (Å²) in [5, 5.41) is 9.20. The van der Waals surface area contributed by atoms with Crippen LogP contribution in [-0.2, 0) is 9.59 Å². The second-order valence-corrected chi connectivity index (χ2v) is 3.47. The molecule has 1 aliphatic heterocycles. The van der Waals surface area contributed by atoms with Crippen molar-refractivity contribution in [2.24, 2.45) is 5.92 Å². The first kappa shape index (κ1) is 10.3. The molecule has 1 aliphatic rings. The monoisotopic (exact) mass is 185 g/mol. The largest absolute Gasteiger partial charge is 0.392 e. The Kier molecular flexibility index (Phi) is 4.05. The molecule has 4 heteroatoms. The normalized spacial score (nSPS) is 23.7. The van der Waals surface area contributed by atoms with Gasteiger partial charge in [0.2, 0.25) is 0 Å². The molecule has 0 radical (unpaired) electrons. The number of hydrogen-bond donors (Lipinski definition) is 1. The first-order valence-electron chi connectivity index (χ1n) is 4.57. The molecule has 1 unspecified atom stereocenters. The Labute approximate surface area is 77.5 Å². The van der Waals surface area contributed by atoms with Gasteiger partial charge in [-0.2, -0.15) is 0 Å². The quantitative estimate of drug-likeness (QED) is 0.461. The second kappa shape index (κ2) is 5.09. The highest BCUT2D eigenvalue weighted by Crippen LogP contribution is 2.10. The maximum Gasteiger partial charge on any atom is 0.130 e. The molecule has 0 aromatic carbocycles. The number of carbonyl (C=O) groups excluding carboxylic acids is 2. The highest BCUT2D eigenvalue weighted by molar-refractivity contribution is 5.77. The number of hydrogen-bond acceptors (Lipinski definition) is 4. The van der Waals surface area contributed by atoms with Crippen molar-refractivity contribution in [3.8, 4) is 0 Å². The molecule has 0 aliphatic carbocycles. The van der Waals surface area contributed by atoms with Gasteiger partial charge in [0.1, 0.15) is 12.6 Å². The van der Waals surface area contributed by atoms with Gasteiger partial charge in [0.05, 0.1) is 12.0 Å². The summed E-state index contributed by atoms with van der Waals surface area (Å²) >= 11 is 0.